The van der Waals surface area contributed by atoms with Gasteiger partial charge >= 0.3 is 0 Å². The van der Waals surface area contributed by atoms with Crippen LogP contribution < -0.4 is 4.90 Å². The first-order valence-electron chi connectivity index (χ1n) is 5.03. The van der Waals surface area contributed by atoms with Gasteiger partial charge in [-0.15, -0.1) is 0 Å². The van der Waals surface area contributed by atoms with Crippen LogP contribution in [0.2, 0.25) is 0 Å². The highest BCUT2D eigenvalue weighted by atomic mass is 16.2. The highest BCUT2D eigenvalue weighted by Crippen LogP contribution is 2.26. The monoisotopic (exact) mass is 211 g/mol. The van der Waals surface area contributed by atoms with Gasteiger partial charge < -0.3 is 4.90 Å². The molecule has 0 saturated carbocycles. The Kier molecular flexibility index (Phi) is 1.93. The third-order valence-corrected chi connectivity index (χ3v) is 2.70. The molecule has 4 nitrogen and oxygen atoms in total. The van der Waals surface area contributed by atoms with E-state index in [4.69, 9.17) is 0 Å². The van der Waals surface area contributed by atoms with E-state index in [1.165, 1.54) is 0 Å². The number of carbonyl (C=O) groups is 1. The number of anilines is 1. The van der Waals surface area contributed by atoms with Crippen molar-refractivity contribution in [3.63, 3.8) is 0 Å². The van der Waals surface area contributed by atoms with Crippen molar-refractivity contribution in [2.75, 3.05) is 4.90 Å². The lowest BCUT2D eigenvalue weighted by molar-refractivity contribution is 0.0996. The summed E-state index contributed by atoms with van der Waals surface area (Å²) in [6, 6.07) is 9.44. The number of nitrogens with zero attached hydrogens (tertiary/aromatic N) is 3. The molecule has 2 heterocycles. The smallest absolute Gasteiger partial charge is 0.258 e. The lowest BCUT2D eigenvalue weighted by Gasteiger charge is -2.14. The standard InChI is InChI=1S/C12H9N3O/c16-12-11-4-2-1-3-9(11)8-15(12)10-5-6-13-14-7-10/h1-7H,8H2. The van der Waals surface area contributed by atoms with E-state index in [1.54, 1.807) is 23.4 Å². The fourth-order valence-electron chi connectivity index (χ4n) is 1.91. The van der Waals surface area contributed by atoms with Crippen LogP contribution in [0.3, 0.4) is 0 Å². The molecule has 1 aromatic heterocycles. The van der Waals surface area contributed by atoms with E-state index in [2.05, 4.69) is 10.2 Å². The summed E-state index contributed by atoms with van der Waals surface area (Å²) in [4.78, 5) is 13.8. The van der Waals surface area contributed by atoms with Crippen LogP contribution in [-0.2, 0) is 6.54 Å². The average molecular weight is 211 g/mol. The number of benzene rings is 1. The molecule has 0 bridgehead atoms. The maximum atomic E-state index is 12.1. The van der Waals surface area contributed by atoms with Crippen molar-refractivity contribution in [3.05, 3.63) is 53.9 Å². The zero-order chi connectivity index (χ0) is 11.0. The van der Waals surface area contributed by atoms with Crippen LogP contribution in [0.15, 0.2) is 42.7 Å². The van der Waals surface area contributed by atoms with Gasteiger partial charge in [0.2, 0.25) is 0 Å². The van der Waals surface area contributed by atoms with Gasteiger partial charge in [-0.1, -0.05) is 18.2 Å². The quantitative estimate of drug-likeness (QED) is 0.720. The van der Waals surface area contributed by atoms with Crippen molar-refractivity contribution in [1.82, 2.24) is 10.2 Å². The molecule has 1 aliphatic heterocycles. The van der Waals surface area contributed by atoms with Gasteiger partial charge in [0.25, 0.3) is 5.91 Å². The Balaban J connectivity index is 2.02. The molecule has 3 rings (SSSR count). The second-order valence-corrected chi connectivity index (χ2v) is 3.65. The zero-order valence-corrected chi connectivity index (χ0v) is 8.50. The molecule has 2 aromatic rings. The van der Waals surface area contributed by atoms with E-state index < -0.39 is 0 Å². The van der Waals surface area contributed by atoms with Gasteiger partial charge in [-0.2, -0.15) is 10.2 Å². The number of aromatic nitrogens is 2. The minimum Gasteiger partial charge on any atom is -0.302 e. The van der Waals surface area contributed by atoms with Gasteiger partial charge in [-0.05, 0) is 17.7 Å². The first kappa shape index (κ1) is 9.03. The maximum Gasteiger partial charge on any atom is 0.258 e. The molecular formula is C12H9N3O. The van der Waals surface area contributed by atoms with E-state index in [0.29, 0.717) is 6.54 Å². The van der Waals surface area contributed by atoms with Crippen LogP contribution in [0.4, 0.5) is 5.69 Å². The molecule has 16 heavy (non-hydrogen) atoms. The van der Waals surface area contributed by atoms with Crippen LogP contribution in [-0.4, -0.2) is 16.1 Å². The van der Waals surface area contributed by atoms with Crippen molar-refractivity contribution < 1.29 is 4.79 Å². The Morgan fingerprint density at radius 1 is 1.12 bits per heavy atom. The van der Waals surface area contributed by atoms with Gasteiger partial charge in [0.05, 0.1) is 24.6 Å². The molecule has 4 heteroatoms. The number of hydrogen-bond donors (Lipinski definition) is 0. The predicted molar refractivity (Wildman–Crippen MR) is 59.0 cm³/mol. The third-order valence-electron chi connectivity index (χ3n) is 2.70. The van der Waals surface area contributed by atoms with Crippen LogP contribution in [0, 0.1) is 0 Å². The van der Waals surface area contributed by atoms with E-state index in [0.717, 1.165) is 16.8 Å². The van der Waals surface area contributed by atoms with Crippen LogP contribution in [0.5, 0.6) is 0 Å². The summed E-state index contributed by atoms with van der Waals surface area (Å²) < 4.78 is 0. The molecule has 1 aromatic carbocycles. The molecule has 0 spiro atoms. The summed E-state index contributed by atoms with van der Waals surface area (Å²) in [7, 11) is 0. The molecule has 78 valence electrons. The molecule has 1 aliphatic rings. The third kappa shape index (κ3) is 1.27. The number of hydrogen-bond acceptors (Lipinski definition) is 3. The van der Waals surface area contributed by atoms with Crippen LogP contribution in [0.25, 0.3) is 0 Å². The van der Waals surface area contributed by atoms with Crippen molar-refractivity contribution in [2.45, 2.75) is 6.54 Å². The molecule has 0 unspecified atom stereocenters. The first-order chi connectivity index (χ1) is 7.86. The SMILES string of the molecule is O=C1c2ccccc2CN1c1ccnnc1. The lowest BCUT2D eigenvalue weighted by Crippen LogP contribution is -2.23. The number of carbonyl (C=O) groups excluding carboxylic acids is 1. The maximum absolute atomic E-state index is 12.1. The first-order valence-corrected chi connectivity index (χ1v) is 5.03. The normalized spacial score (nSPS) is 14.0. The van der Waals surface area contributed by atoms with Gasteiger partial charge in [0.1, 0.15) is 0 Å². The largest absolute Gasteiger partial charge is 0.302 e. The molecule has 0 N–H and O–H groups in total. The zero-order valence-electron chi connectivity index (χ0n) is 8.50. The van der Waals surface area contributed by atoms with E-state index in [1.807, 2.05) is 24.3 Å². The molecule has 0 atom stereocenters. The predicted octanol–water partition coefficient (Wildman–Crippen LogP) is 1.64. The van der Waals surface area contributed by atoms with Crippen LogP contribution >= 0.6 is 0 Å². The van der Waals surface area contributed by atoms with Gasteiger partial charge in [-0.3, -0.25) is 4.79 Å². The summed E-state index contributed by atoms with van der Waals surface area (Å²) in [6.07, 6.45) is 3.19. The summed E-state index contributed by atoms with van der Waals surface area (Å²) in [6.45, 7) is 0.612. The highest BCUT2D eigenvalue weighted by molar-refractivity contribution is 6.09. The Hall–Kier alpha value is -2.23. The summed E-state index contributed by atoms with van der Waals surface area (Å²) in [5, 5.41) is 7.49. The second kappa shape index (κ2) is 3.41. The van der Waals surface area contributed by atoms with Crippen molar-refractivity contribution in [1.29, 1.82) is 0 Å². The molecular weight excluding hydrogens is 202 g/mol. The second-order valence-electron chi connectivity index (χ2n) is 3.65. The minimum absolute atomic E-state index is 0.0311. The topological polar surface area (TPSA) is 46.1 Å². The van der Waals surface area contributed by atoms with Gasteiger partial charge in [0, 0.05) is 5.56 Å². The molecule has 0 saturated heterocycles. The number of amides is 1. The van der Waals surface area contributed by atoms with Crippen LogP contribution in [0.1, 0.15) is 15.9 Å². The molecule has 0 radical (unpaired) electrons. The molecule has 1 amide bonds. The number of rotatable bonds is 1. The average Bonchev–Trinajstić information content (AvgIpc) is 2.69. The molecule has 0 aliphatic carbocycles. The van der Waals surface area contributed by atoms with Gasteiger partial charge in [0.15, 0.2) is 0 Å². The fraction of sp³-hybridized carbons (Fsp3) is 0.0833. The van der Waals surface area contributed by atoms with Crippen molar-refractivity contribution in [2.24, 2.45) is 0 Å². The van der Waals surface area contributed by atoms with Crippen molar-refractivity contribution in [3.8, 4) is 0 Å². The lowest BCUT2D eigenvalue weighted by atomic mass is 10.1. The van der Waals surface area contributed by atoms with E-state index in [9.17, 15) is 4.79 Å². The summed E-state index contributed by atoms with van der Waals surface area (Å²) in [5.74, 6) is 0.0311. The van der Waals surface area contributed by atoms with Gasteiger partial charge in [-0.25, -0.2) is 0 Å². The summed E-state index contributed by atoms with van der Waals surface area (Å²) in [5.41, 5.74) is 2.62. The summed E-state index contributed by atoms with van der Waals surface area (Å²) >= 11 is 0. The minimum atomic E-state index is 0.0311. The Morgan fingerprint density at radius 3 is 2.75 bits per heavy atom. The Bertz CT molecular complexity index is 539. The highest BCUT2D eigenvalue weighted by Gasteiger charge is 2.27. The number of fused-ring (bicyclic) bond motifs is 1. The fourth-order valence-corrected chi connectivity index (χ4v) is 1.91. The van der Waals surface area contributed by atoms with E-state index >= 15 is 0 Å². The molecule has 0 fully saturated rings. The van der Waals surface area contributed by atoms with E-state index in [-0.39, 0.29) is 5.91 Å². The Labute approximate surface area is 92.5 Å². The Morgan fingerprint density at radius 2 is 2.00 bits per heavy atom. The van der Waals surface area contributed by atoms with Crippen molar-refractivity contribution >= 4 is 11.6 Å².